The molecule has 0 aliphatic rings. The number of benzene rings is 2. The number of hydrogen-bond acceptors (Lipinski definition) is 4. The van der Waals surface area contributed by atoms with Gasteiger partial charge in [-0.25, -0.2) is 4.98 Å². The molecule has 0 atom stereocenters. The summed E-state index contributed by atoms with van der Waals surface area (Å²) in [4.78, 5) is 17.0. The highest BCUT2D eigenvalue weighted by Gasteiger charge is 2.12. The first kappa shape index (κ1) is 16.3. The summed E-state index contributed by atoms with van der Waals surface area (Å²) in [6.45, 7) is -0.125. The maximum absolute atomic E-state index is 12.5. The van der Waals surface area contributed by atoms with Gasteiger partial charge in [-0.15, -0.1) is 0 Å². The average molecular weight is 360 g/mol. The Kier molecular flexibility index (Phi) is 4.70. The van der Waals surface area contributed by atoms with E-state index in [9.17, 15) is 4.79 Å². The first-order valence-electron chi connectivity index (χ1n) is 7.03. The van der Waals surface area contributed by atoms with Crippen molar-refractivity contribution in [2.75, 3.05) is 0 Å². The zero-order valence-electron chi connectivity index (χ0n) is 12.4. The first-order valence-corrected chi connectivity index (χ1v) is 7.79. The quantitative estimate of drug-likeness (QED) is 0.710. The molecule has 1 heterocycles. The number of hydrogen-bond donors (Lipinski definition) is 0. The molecule has 0 radical (unpaired) electrons. The molecule has 5 nitrogen and oxygen atoms in total. The predicted octanol–water partition coefficient (Wildman–Crippen LogP) is 3.81. The van der Waals surface area contributed by atoms with E-state index in [2.05, 4.69) is 4.98 Å². The van der Waals surface area contributed by atoms with Gasteiger partial charge < -0.3 is 4.74 Å². The molecular formula is C17H11Cl2N3O2. The number of fused-ring (bicyclic) bond motifs is 1. The van der Waals surface area contributed by atoms with Crippen molar-refractivity contribution in [3.63, 3.8) is 0 Å². The summed E-state index contributed by atoms with van der Waals surface area (Å²) in [7, 11) is 0. The summed E-state index contributed by atoms with van der Waals surface area (Å²) in [6.07, 6.45) is 0. The van der Waals surface area contributed by atoms with Crippen molar-refractivity contribution < 1.29 is 4.74 Å². The molecule has 0 fully saturated rings. The van der Waals surface area contributed by atoms with E-state index >= 15 is 0 Å². The second kappa shape index (κ2) is 6.91. The Morgan fingerprint density at radius 3 is 2.79 bits per heavy atom. The van der Waals surface area contributed by atoms with Crippen LogP contribution in [0.15, 0.2) is 47.3 Å². The highest BCUT2D eigenvalue weighted by molar-refractivity contribution is 6.34. The Morgan fingerprint density at radius 1 is 1.21 bits per heavy atom. The molecule has 0 bridgehead atoms. The lowest BCUT2D eigenvalue weighted by molar-refractivity contribution is 0.289. The summed E-state index contributed by atoms with van der Waals surface area (Å²) in [5.41, 5.74) is 0.269. The first-order chi connectivity index (χ1) is 11.6. The minimum absolute atomic E-state index is 0.0121. The second-order valence-electron chi connectivity index (χ2n) is 4.96. The zero-order valence-corrected chi connectivity index (χ0v) is 13.9. The fourth-order valence-corrected chi connectivity index (χ4v) is 2.62. The van der Waals surface area contributed by atoms with Crippen LogP contribution in [0.2, 0.25) is 10.0 Å². The molecule has 0 spiro atoms. The molecule has 3 aromatic rings. The van der Waals surface area contributed by atoms with E-state index in [1.54, 1.807) is 42.5 Å². The summed E-state index contributed by atoms with van der Waals surface area (Å²) >= 11 is 12.0. The van der Waals surface area contributed by atoms with Crippen LogP contribution in [0.4, 0.5) is 0 Å². The van der Waals surface area contributed by atoms with Crippen molar-refractivity contribution in [1.29, 1.82) is 5.26 Å². The summed E-state index contributed by atoms with van der Waals surface area (Å²) in [5.74, 6) is 0.728. The number of aromatic nitrogens is 2. The van der Waals surface area contributed by atoms with E-state index in [1.807, 2.05) is 6.07 Å². The van der Waals surface area contributed by atoms with Crippen molar-refractivity contribution in [1.82, 2.24) is 9.55 Å². The molecule has 24 heavy (non-hydrogen) atoms. The third kappa shape index (κ3) is 3.21. The molecule has 3 rings (SSSR count). The van der Waals surface area contributed by atoms with Gasteiger partial charge in [-0.3, -0.25) is 9.36 Å². The highest BCUT2D eigenvalue weighted by Crippen LogP contribution is 2.28. The zero-order chi connectivity index (χ0) is 17.1. The normalized spacial score (nSPS) is 10.5. The smallest absolute Gasteiger partial charge is 0.262 e. The lowest BCUT2D eigenvalue weighted by atomic mass is 10.2. The minimum Gasteiger partial charge on any atom is -0.484 e. The van der Waals surface area contributed by atoms with Crippen LogP contribution in [0.3, 0.4) is 0 Å². The lowest BCUT2D eigenvalue weighted by Gasteiger charge is -2.13. The van der Waals surface area contributed by atoms with Gasteiger partial charge in [0.2, 0.25) is 0 Å². The van der Waals surface area contributed by atoms with Gasteiger partial charge in [-0.1, -0.05) is 35.3 Å². The number of halogens is 2. The summed E-state index contributed by atoms with van der Waals surface area (Å²) in [6, 6.07) is 13.8. The van der Waals surface area contributed by atoms with Crippen LogP contribution >= 0.6 is 23.2 Å². The lowest BCUT2D eigenvalue weighted by Crippen LogP contribution is -2.26. The number of para-hydroxylation sites is 1. The van der Waals surface area contributed by atoms with Crippen molar-refractivity contribution in [2.45, 2.75) is 13.2 Å². The van der Waals surface area contributed by atoms with E-state index in [-0.39, 0.29) is 18.7 Å². The average Bonchev–Trinajstić information content (AvgIpc) is 2.58. The van der Waals surface area contributed by atoms with Crippen molar-refractivity contribution in [3.05, 3.63) is 68.7 Å². The van der Waals surface area contributed by atoms with Crippen molar-refractivity contribution >= 4 is 34.1 Å². The Hall–Kier alpha value is -2.55. The number of rotatable bonds is 4. The van der Waals surface area contributed by atoms with Crippen LogP contribution in [0, 0.1) is 11.3 Å². The fourth-order valence-electron chi connectivity index (χ4n) is 2.29. The van der Waals surface area contributed by atoms with Gasteiger partial charge in [0.15, 0.2) is 5.82 Å². The fraction of sp³-hybridized carbons (Fsp3) is 0.118. The molecule has 7 heteroatoms. The molecule has 2 aromatic carbocycles. The van der Waals surface area contributed by atoms with E-state index in [1.165, 1.54) is 4.57 Å². The Morgan fingerprint density at radius 2 is 2.00 bits per heavy atom. The van der Waals surface area contributed by atoms with E-state index in [0.717, 1.165) is 0 Å². The number of nitrogens with zero attached hydrogens (tertiary/aromatic N) is 3. The molecule has 0 amide bonds. The Bertz CT molecular complexity index is 1010. The summed E-state index contributed by atoms with van der Waals surface area (Å²) < 4.78 is 6.94. The molecule has 0 saturated heterocycles. The standard InChI is InChI=1S/C17H11Cl2N3O2/c18-11-5-6-13(19)15(9-11)24-10-16-21-14-4-2-1-3-12(14)17(23)22(16)8-7-20/h1-6,9H,8,10H2. The minimum atomic E-state index is -0.280. The number of ether oxygens (including phenoxy) is 1. The molecular weight excluding hydrogens is 349 g/mol. The molecule has 0 aliphatic heterocycles. The highest BCUT2D eigenvalue weighted by atomic mass is 35.5. The molecule has 120 valence electrons. The maximum Gasteiger partial charge on any atom is 0.262 e. The van der Waals surface area contributed by atoms with E-state index in [4.69, 9.17) is 33.2 Å². The molecule has 1 aromatic heterocycles. The Labute approximate surface area is 147 Å². The van der Waals surface area contributed by atoms with Crippen LogP contribution in [0.25, 0.3) is 10.9 Å². The van der Waals surface area contributed by atoms with Crippen LogP contribution in [-0.4, -0.2) is 9.55 Å². The van der Waals surface area contributed by atoms with Crippen molar-refractivity contribution in [2.24, 2.45) is 0 Å². The van der Waals surface area contributed by atoms with Gasteiger partial charge in [0.1, 0.15) is 18.9 Å². The second-order valence-corrected chi connectivity index (χ2v) is 5.80. The summed E-state index contributed by atoms with van der Waals surface area (Å²) in [5, 5.41) is 10.3. The molecule has 0 saturated carbocycles. The van der Waals surface area contributed by atoms with Crippen LogP contribution in [-0.2, 0) is 13.2 Å². The predicted molar refractivity (Wildman–Crippen MR) is 92.4 cm³/mol. The monoisotopic (exact) mass is 359 g/mol. The van der Waals surface area contributed by atoms with Gasteiger partial charge in [-0.2, -0.15) is 5.26 Å². The Balaban J connectivity index is 2.02. The van der Waals surface area contributed by atoms with Gasteiger partial charge in [0, 0.05) is 11.1 Å². The van der Waals surface area contributed by atoms with Crippen molar-refractivity contribution in [3.8, 4) is 11.8 Å². The van der Waals surface area contributed by atoms with Gasteiger partial charge in [0.05, 0.1) is 22.0 Å². The van der Waals surface area contributed by atoms with Crippen LogP contribution in [0.1, 0.15) is 5.82 Å². The third-order valence-corrected chi connectivity index (χ3v) is 3.97. The number of nitriles is 1. The topological polar surface area (TPSA) is 67.9 Å². The van der Waals surface area contributed by atoms with Crippen LogP contribution < -0.4 is 10.3 Å². The molecule has 0 aliphatic carbocycles. The SMILES string of the molecule is N#CCn1c(COc2cc(Cl)ccc2Cl)nc2ccccc2c1=O. The van der Waals surface area contributed by atoms with Gasteiger partial charge in [-0.05, 0) is 24.3 Å². The largest absolute Gasteiger partial charge is 0.484 e. The molecule has 0 unspecified atom stereocenters. The van der Waals surface area contributed by atoms with Gasteiger partial charge in [0.25, 0.3) is 5.56 Å². The third-order valence-electron chi connectivity index (χ3n) is 3.42. The maximum atomic E-state index is 12.5. The van der Waals surface area contributed by atoms with Gasteiger partial charge >= 0.3 is 0 Å². The van der Waals surface area contributed by atoms with E-state index < -0.39 is 0 Å². The van der Waals surface area contributed by atoms with Crippen LogP contribution in [0.5, 0.6) is 5.75 Å². The molecule has 0 N–H and O–H groups in total. The van der Waals surface area contributed by atoms with E-state index in [0.29, 0.717) is 32.5 Å².